The third kappa shape index (κ3) is 5.97. The van der Waals surface area contributed by atoms with E-state index in [1.54, 1.807) is 20.8 Å². The molecule has 0 radical (unpaired) electrons. The van der Waals surface area contributed by atoms with Crippen molar-refractivity contribution >= 4 is 17.9 Å². The molecule has 3 atom stereocenters. The van der Waals surface area contributed by atoms with E-state index < -0.39 is 29.7 Å². The molecule has 1 saturated heterocycles. The maximum absolute atomic E-state index is 12.9. The molecule has 1 fully saturated rings. The standard InChI is InChI=1S/C21H31N3O4/c1-14(15-9-6-5-7-10-15)16(23-20(27)28-21(2,3)4)13-18(25)24-12-8-11-17(24)19(22)26/h5-7,9-10,14,16-17H,8,11-13H2,1-4H3,(H2,22,26)(H,23,27)/t14?,16-,17+/m1/s1. The highest BCUT2D eigenvalue weighted by atomic mass is 16.6. The summed E-state index contributed by atoms with van der Waals surface area (Å²) in [7, 11) is 0. The van der Waals surface area contributed by atoms with Crippen LogP contribution in [0.15, 0.2) is 30.3 Å². The first-order chi connectivity index (χ1) is 13.1. The second kappa shape index (κ2) is 9.08. The average molecular weight is 389 g/mol. The fourth-order valence-corrected chi connectivity index (χ4v) is 3.47. The highest BCUT2D eigenvalue weighted by Crippen LogP contribution is 2.25. The van der Waals surface area contributed by atoms with Gasteiger partial charge in [-0.2, -0.15) is 0 Å². The molecule has 0 bridgehead atoms. The molecule has 7 heteroatoms. The van der Waals surface area contributed by atoms with Crippen molar-refractivity contribution in [2.75, 3.05) is 6.54 Å². The Balaban J connectivity index is 2.16. The van der Waals surface area contributed by atoms with Gasteiger partial charge in [-0.15, -0.1) is 0 Å². The summed E-state index contributed by atoms with van der Waals surface area (Å²) in [6.07, 6.45) is 0.831. The number of nitrogens with zero attached hydrogens (tertiary/aromatic N) is 1. The lowest BCUT2D eigenvalue weighted by Gasteiger charge is -2.30. The molecule has 2 rings (SSSR count). The molecule has 1 aliphatic heterocycles. The van der Waals surface area contributed by atoms with E-state index in [0.717, 1.165) is 12.0 Å². The van der Waals surface area contributed by atoms with Gasteiger partial charge in [-0.25, -0.2) is 4.79 Å². The van der Waals surface area contributed by atoms with Gasteiger partial charge in [-0.1, -0.05) is 37.3 Å². The number of carbonyl (C=O) groups is 3. The molecule has 0 aromatic heterocycles. The van der Waals surface area contributed by atoms with Crippen molar-refractivity contribution in [3.05, 3.63) is 35.9 Å². The van der Waals surface area contributed by atoms with Crippen molar-refractivity contribution in [2.24, 2.45) is 5.73 Å². The van der Waals surface area contributed by atoms with Gasteiger partial charge in [0.2, 0.25) is 11.8 Å². The second-order valence-electron chi connectivity index (χ2n) is 8.30. The summed E-state index contributed by atoms with van der Waals surface area (Å²) in [5.41, 5.74) is 5.80. The van der Waals surface area contributed by atoms with E-state index in [1.165, 1.54) is 4.90 Å². The normalized spacial score (nSPS) is 19.0. The molecular formula is C21H31N3O4. The predicted octanol–water partition coefficient (Wildman–Crippen LogP) is 2.55. The van der Waals surface area contributed by atoms with Crippen LogP contribution in [0, 0.1) is 0 Å². The number of likely N-dealkylation sites (tertiary alicyclic amines) is 1. The van der Waals surface area contributed by atoms with Crippen molar-refractivity contribution in [2.45, 2.75) is 70.6 Å². The molecule has 0 aliphatic carbocycles. The van der Waals surface area contributed by atoms with Gasteiger partial charge in [0.15, 0.2) is 0 Å². The van der Waals surface area contributed by atoms with Crippen LogP contribution in [-0.4, -0.2) is 47.0 Å². The predicted molar refractivity (Wildman–Crippen MR) is 107 cm³/mol. The summed E-state index contributed by atoms with van der Waals surface area (Å²) in [6.45, 7) is 7.82. The minimum absolute atomic E-state index is 0.0685. The lowest BCUT2D eigenvalue weighted by Crippen LogP contribution is -2.48. The fraction of sp³-hybridized carbons (Fsp3) is 0.571. The first kappa shape index (κ1) is 21.7. The van der Waals surface area contributed by atoms with Gasteiger partial charge in [0.25, 0.3) is 0 Å². The van der Waals surface area contributed by atoms with Crippen LogP contribution in [0.2, 0.25) is 0 Å². The monoisotopic (exact) mass is 389 g/mol. The number of nitrogens with one attached hydrogen (secondary N) is 1. The van der Waals surface area contributed by atoms with E-state index in [4.69, 9.17) is 10.5 Å². The van der Waals surface area contributed by atoms with Gasteiger partial charge in [0.1, 0.15) is 11.6 Å². The molecule has 1 aliphatic rings. The zero-order chi connectivity index (χ0) is 20.9. The van der Waals surface area contributed by atoms with E-state index in [2.05, 4.69) is 5.32 Å². The van der Waals surface area contributed by atoms with Crippen molar-refractivity contribution < 1.29 is 19.1 Å². The largest absolute Gasteiger partial charge is 0.444 e. The smallest absolute Gasteiger partial charge is 0.407 e. The zero-order valence-corrected chi connectivity index (χ0v) is 17.1. The number of carbonyl (C=O) groups excluding carboxylic acids is 3. The van der Waals surface area contributed by atoms with Gasteiger partial charge < -0.3 is 20.7 Å². The van der Waals surface area contributed by atoms with Crippen LogP contribution in [-0.2, 0) is 14.3 Å². The maximum Gasteiger partial charge on any atom is 0.407 e. The second-order valence-corrected chi connectivity index (χ2v) is 8.30. The van der Waals surface area contributed by atoms with Crippen LogP contribution >= 0.6 is 0 Å². The minimum atomic E-state index is -0.638. The van der Waals surface area contributed by atoms with Crippen molar-refractivity contribution in [3.63, 3.8) is 0 Å². The first-order valence-corrected chi connectivity index (χ1v) is 9.71. The molecule has 3 N–H and O–H groups in total. The van der Waals surface area contributed by atoms with Gasteiger partial charge >= 0.3 is 6.09 Å². The molecular weight excluding hydrogens is 358 g/mol. The number of amides is 3. The van der Waals surface area contributed by atoms with Crippen molar-refractivity contribution in [1.82, 2.24) is 10.2 Å². The van der Waals surface area contributed by atoms with Crippen LogP contribution in [0.1, 0.15) is 58.4 Å². The number of nitrogens with two attached hydrogens (primary N) is 1. The molecule has 0 spiro atoms. The molecule has 7 nitrogen and oxygen atoms in total. The summed E-state index contributed by atoms with van der Waals surface area (Å²) in [4.78, 5) is 38.4. The quantitative estimate of drug-likeness (QED) is 0.780. The average Bonchev–Trinajstić information content (AvgIpc) is 3.10. The Kier molecular flexibility index (Phi) is 7.05. The van der Waals surface area contributed by atoms with Gasteiger partial charge in [0, 0.05) is 24.9 Å². The first-order valence-electron chi connectivity index (χ1n) is 9.71. The third-order valence-corrected chi connectivity index (χ3v) is 4.93. The van der Waals surface area contributed by atoms with Crippen LogP contribution in [0.5, 0.6) is 0 Å². The van der Waals surface area contributed by atoms with Gasteiger partial charge in [-0.05, 0) is 39.2 Å². The van der Waals surface area contributed by atoms with Crippen LogP contribution < -0.4 is 11.1 Å². The van der Waals surface area contributed by atoms with Gasteiger partial charge in [0.05, 0.1) is 0 Å². The van der Waals surface area contributed by atoms with E-state index in [-0.39, 0.29) is 18.2 Å². The summed E-state index contributed by atoms with van der Waals surface area (Å²) in [5, 5.41) is 2.85. The lowest BCUT2D eigenvalue weighted by molar-refractivity contribution is -0.137. The molecule has 28 heavy (non-hydrogen) atoms. The Morgan fingerprint density at radius 2 is 1.89 bits per heavy atom. The van der Waals surface area contributed by atoms with Crippen molar-refractivity contribution in [1.29, 1.82) is 0 Å². The number of benzene rings is 1. The van der Waals surface area contributed by atoms with E-state index in [1.807, 2.05) is 37.3 Å². The summed E-state index contributed by atoms with van der Waals surface area (Å²) in [5.74, 6) is -0.795. The molecule has 3 amide bonds. The summed E-state index contributed by atoms with van der Waals surface area (Å²) in [6, 6.07) is 8.63. The number of ether oxygens (including phenoxy) is 1. The Morgan fingerprint density at radius 3 is 2.46 bits per heavy atom. The number of alkyl carbamates (subject to hydrolysis) is 1. The molecule has 154 valence electrons. The Bertz CT molecular complexity index is 699. The van der Waals surface area contributed by atoms with E-state index >= 15 is 0 Å². The zero-order valence-electron chi connectivity index (χ0n) is 17.1. The van der Waals surface area contributed by atoms with Gasteiger partial charge in [-0.3, -0.25) is 9.59 Å². The molecule has 1 unspecified atom stereocenters. The summed E-state index contributed by atoms with van der Waals surface area (Å²) < 4.78 is 5.37. The van der Waals surface area contributed by atoms with Crippen molar-refractivity contribution in [3.8, 4) is 0 Å². The highest BCUT2D eigenvalue weighted by Gasteiger charge is 2.35. The van der Waals surface area contributed by atoms with Crippen LogP contribution in [0.4, 0.5) is 4.79 Å². The SMILES string of the molecule is CC(c1ccccc1)[C@@H](CC(=O)N1CCC[C@H]1C(N)=O)NC(=O)OC(C)(C)C. The molecule has 0 saturated carbocycles. The molecule has 1 aromatic rings. The number of primary amides is 1. The third-order valence-electron chi connectivity index (χ3n) is 4.93. The molecule has 1 aromatic carbocycles. The van der Waals surface area contributed by atoms with E-state index in [0.29, 0.717) is 13.0 Å². The van der Waals surface area contributed by atoms with Crippen LogP contribution in [0.25, 0.3) is 0 Å². The Hall–Kier alpha value is -2.57. The summed E-state index contributed by atoms with van der Waals surface area (Å²) >= 11 is 0. The highest BCUT2D eigenvalue weighted by molar-refractivity contribution is 5.87. The molecule has 1 heterocycles. The maximum atomic E-state index is 12.9. The number of rotatable bonds is 6. The number of hydrogen-bond donors (Lipinski definition) is 2. The number of hydrogen-bond acceptors (Lipinski definition) is 4. The van der Waals surface area contributed by atoms with Crippen LogP contribution in [0.3, 0.4) is 0 Å². The minimum Gasteiger partial charge on any atom is -0.444 e. The Labute approximate surface area is 166 Å². The lowest BCUT2D eigenvalue weighted by atomic mass is 9.91. The fourth-order valence-electron chi connectivity index (χ4n) is 3.47. The van der Waals surface area contributed by atoms with E-state index in [9.17, 15) is 14.4 Å². The topological polar surface area (TPSA) is 102 Å². The Morgan fingerprint density at radius 1 is 1.25 bits per heavy atom.